The van der Waals surface area contributed by atoms with Crippen LogP contribution in [0.3, 0.4) is 0 Å². The molecule has 2 aromatic carbocycles. The summed E-state index contributed by atoms with van der Waals surface area (Å²) in [5.41, 5.74) is 3.63. The summed E-state index contributed by atoms with van der Waals surface area (Å²) >= 11 is 0. The molecule has 0 aliphatic carbocycles. The minimum absolute atomic E-state index is 0.574. The molecule has 0 saturated carbocycles. The van der Waals surface area contributed by atoms with Crippen LogP contribution in [-0.4, -0.2) is 23.8 Å². The van der Waals surface area contributed by atoms with Crippen molar-refractivity contribution < 1.29 is 9.26 Å². The number of fused-ring (bicyclic) bond motifs is 1. The Morgan fingerprint density at radius 3 is 2.83 bits per heavy atom. The van der Waals surface area contributed by atoms with Crippen molar-refractivity contribution in [1.29, 1.82) is 0 Å². The molecule has 0 unspecified atom stereocenters. The van der Waals surface area contributed by atoms with Gasteiger partial charge in [-0.3, -0.25) is 0 Å². The SMILES string of the molecule is COc1cccc(-c2noc(N3CCCc4ccccc4C3)n2)c1. The largest absolute Gasteiger partial charge is 0.497 e. The molecule has 0 bridgehead atoms. The minimum atomic E-state index is 0.574. The van der Waals surface area contributed by atoms with Gasteiger partial charge in [0.1, 0.15) is 5.75 Å². The van der Waals surface area contributed by atoms with Gasteiger partial charge in [-0.2, -0.15) is 4.98 Å². The second kappa shape index (κ2) is 6.35. The van der Waals surface area contributed by atoms with Crippen molar-refractivity contribution in [2.24, 2.45) is 0 Å². The van der Waals surface area contributed by atoms with Gasteiger partial charge in [0.15, 0.2) is 0 Å². The highest BCUT2D eigenvalue weighted by atomic mass is 16.5. The molecule has 1 aromatic heterocycles. The van der Waals surface area contributed by atoms with Crippen molar-refractivity contribution in [2.45, 2.75) is 19.4 Å². The van der Waals surface area contributed by atoms with Gasteiger partial charge >= 0.3 is 6.01 Å². The first-order valence-electron chi connectivity index (χ1n) is 8.13. The zero-order valence-corrected chi connectivity index (χ0v) is 13.6. The van der Waals surface area contributed by atoms with E-state index >= 15 is 0 Å². The second-order valence-corrected chi connectivity index (χ2v) is 5.93. The molecule has 5 nitrogen and oxygen atoms in total. The van der Waals surface area contributed by atoms with Crippen molar-refractivity contribution in [2.75, 3.05) is 18.6 Å². The maximum absolute atomic E-state index is 5.53. The van der Waals surface area contributed by atoms with Gasteiger partial charge in [-0.25, -0.2) is 0 Å². The first kappa shape index (κ1) is 14.8. The van der Waals surface area contributed by atoms with Crippen LogP contribution in [0, 0.1) is 0 Å². The van der Waals surface area contributed by atoms with Gasteiger partial charge in [0.05, 0.1) is 7.11 Å². The number of aromatic nitrogens is 2. The average molecular weight is 321 g/mol. The lowest BCUT2D eigenvalue weighted by molar-refractivity contribution is 0.412. The Balaban J connectivity index is 1.60. The normalized spacial score (nSPS) is 14.1. The molecule has 0 saturated heterocycles. The fraction of sp³-hybridized carbons (Fsp3) is 0.263. The monoisotopic (exact) mass is 321 g/mol. The zero-order valence-electron chi connectivity index (χ0n) is 13.6. The fourth-order valence-corrected chi connectivity index (χ4v) is 3.09. The van der Waals surface area contributed by atoms with E-state index in [1.807, 2.05) is 24.3 Å². The van der Waals surface area contributed by atoms with E-state index in [9.17, 15) is 0 Å². The quantitative estimate of drug-likeness (QED) is 0.736. The molecule has 0 radical (unpaired) electrons. The summed E-state index contributed by atoms with van der Waals surface area (Å²) in [5, 5.41) is 4.14. The van der Waals surface area contributed by atoms with Gasteiger partial charge in [0.25, 0.3) is 0 Å². The van der Waals surface area contributed by atoms with Crippen LogP contribution in [-0.2, 0) is 13.0 Å². The van der Waals surface area contributed by atoms with Gasteiger partial charge in [-0.05, 0) is 36.1 Å². The third-order valence-corrected chi connectivity index (χ3v) is 4.37. The smallest absolute Gasteiger partial charge is 0.324 e. The Kier molecular flexibility index (Phi) is 3.91. The van der Waals surface area contributed by atoms with E-state index in [0.29, 0.717) is 11.8 Å². The molecular weight excluding hydrogens is 302 g/mol. The third-order valence-electron chi connectivity index (χ3n) is 4.37. The molecule has 24 heavy (non-hydrogen) atoms. The highest BCUT2D eigenvalue weighted by Gasteiger charge is 2.20. The Morgan fingerprint density at radius 2 is 1.96 bits per heavy atom. The Bertz CT molecular complexity index is 844. The van der Waals surface area contributed by atoms with Crippen LogP contribution in [0.1, 0.15) is 17.5 Å². The molecule has 1 aliphatic heterocycles. The number of anilines is 1. The summed E-state index contributed by atoms with van der Waals surface area (Å²) in [5.74, 6) is 1.36. The van der Waals surface area contributed by atoms with Gasteiger partial charge in [0.2, 0.25) is 5.82 Å². The van der Waals surface area contributed by atoms with Gasteiger partial charge in [-0.1, -0.05) is 41.6 Å². The lowest BCUT2D eigenvalue weighted by Gasteiger charge is -2.17. The van der Waals surface area contributed by atoms with Crippen LogP contribution in [0.25, 0.3) is 11.4 Å². The van der Waals surface area contributed by atoms with Crippen molar-refractivity contribution in [3.8, 4) is 17.1 Å². The van der Waals surface area contributed by atoms with E-state index in [2.05, 4.69) is 39.3 Å². The first-order valence-corrected chi connectivity index (χ1v) is 8.13. The number of benzene rings is 2. The number of hydrogen-bond donors (Lipinski definition) is 0. The molecule has 0 atom stereocenters. The lowest BCUT2D eigenvalue weighted by atomic mass is 10.0. The molecule has 5 heteroatoms. The van der Waals surface area contributed by atoms with Crippen LogP contribution in [0.15, 0.2) is 53.1 Å². The predicted octanol–water partition coefficient (Wildman–Crippen LogP) is 3.70. The van der Waals surface area contributed by atoms with E-state index in [-0.39, 0.29) is 0 Å². The summed E-state index contributed by atoms with van der Waals surface area (Å²) in [4.78, 5) is 6.74. The molecule has 4 rings (SSSR count). The third kappa shape index (κ3) is 2.85. The van der Waals surface area contributed by atoms with E-state index < -0.39 is 0 Å². The number of ether oxygens (including phenoxy) is 1. The van der Waals surface area contributed by atoms with Crippen molar-refractivity contribution in [1.82, 2.24) is 10.1 Å². The van der Waals surface area contributed by atoms with Crippen LogP contribution in [0.5, 0.6) is 5.75 Å². The van der Waals surface area contributed by atoms with Crippen molar-refractivity contribution in [3.63, 3.8) is 0 Å². The van der Waals surface area contributed by atoms with Crippen LogP contribution < -0.4 is 9.64 Å². The zero-order chi connectivity index (χ0) is 16.4. The molecule has 0 fully saturated rings. The van der Waals surface area contributed by atoms with Crippen LogP contribution in [0.4, 0.5) is 6.01 Å². The molecule has 0 amide bonds. The molecule has 2 heterocycles. The van der Waals surface area contributed by atoms with E-state index in [4.69, 9.17) is 9.26 Å². The minimum Gasteiger partial charge on any atom is -0.497 e. The van der Waals surface area contributed by atoms with Gasteiger partial charge in [-0.15, -0.1) is 0 Å². The van der Waals surface area contributed by atoms with Crippen molar-refractivity contribution in [3.05, 3.63) is 59.7 Å². The fourth-order valence-electron chi connectivity index (χ4n) is 3.09. The van der Waals surface area contributed by atoms with E-state index in [1.165, 1.54) is 11.1 Å². The summed E-state index contributed by atoms with van der Waals surface area (Å²) < 4.78 is 10.8. The highest BCUT2D eigenvalue weighted by molar-refractivity contribution is 5.58. The number of nitrogens with zero attached hydrogens (tertiary/aromatic N) is 3. The average Bonchev–Trinajstić information content (AvgIpc) is 3.02. The summed E-state index contributed by atoms with van der Waals surface area (Å²) in [6.07, 6.45) is 2.16. The molecule has 0 N–H and O–H groups in total. The summed E-state index contributed by atoms with van der Waals surface area (Å²) in [7, 11) is 1.65. The van der Waals surface area contributed by atoms with Crippen molar-refractivity contribution >= 4 is 6.01 Å². The molecule has 122 valence electrons. The number of hydrogen-bond acceptors (Lipinski definition) is 5. The molecular formula is C19H19N3O2. The maximum Gasteiger partial charge on any atom is 0.324 e. The molecule has 0 spiro atoms. The van der Waals surface area contributed by atoms with Gasteiger partial charge < -0.3 is 14.2 Å². The number of methoxy groups -OCH3 is 1. The van der Waals surface area contributed by atoms with E-state index in [0.717, 1.165) is 37.2 Å². The number of aryl methyl sites for hydroxylation is 1. The molecule has 1 aliphatic rings. The Morgan fingerprint density at radius 1 is 1.08 bits per heavy atom. The standard InChI is InChI=1S/C19H19N3O2/c1-23-17-10-4-8-15(12-17)18-20-19(24-21-18)22-11-5-9-14-6-2-3-7-16(14)13-22/h2-4,6-8,10,12H,5,9,11,13H2,1H3. The lowest BCUT2D eigenvalue weighted by Crippen LogP contribution is -2.22. The maximum atomic E-state index is 5.53. The van der Waals surface area contributed by atoms with E-state index in [1.54, 1.807) is 7.11 Å². The summed E-state index contributed by atoms with van der Waals surface area (Å²) in [6.45, 7) is 1.71. The molecule has 3 aromatic rings. The first-order chi connectivity index (χ1) is 11.8. The van der Waals surface area contributed by atoms with Crippen LogP contribution in [0.2, 0.25) is 0 Å². The Hall–Kier alpha value is -2.82. The topological polar surface area (TPSA) is 51.4 Å². The second-order valence-electron chi connectivity index (χ2n) is 5.93. The summed E-state index contributed by atoms with van der Waals surface area (Å²) in [6, 6.07) is 16.8. The predicted molar refractivity (Wildman–Crippen MR) is 92.1 cm³/mol. The Labute approximate surface area is 140 Å². The highest BCUT2D eigenvalue weighted by Crippen LogP contribution is 2.26. The van der Waals surface area contributed by atoms with Gasteiger partial charge in [0, 0.05) is 18.7 Å². The van der Waals surface area contributed by atoms with Crippen LogP contribution >= 0.6 is 0 Å². The number of rotatable bonds is 3.